The summed E-state index contributed by atoms with van der Waals surface area (Å²) in [4.78, 5) is 6.93. The summed E-state index contributed by atoms with van der Waals surface area (Å²) >= 11 is 6.05. The average Bonchev–Trinajstić information content (AvgIpc) is 3.16. The minimum Gasteiger partial charge on any atom is -0.446 e. The van der Waals surface area contributed by atoms with Gasteiger partial charge in [0.2, 0.25) is 0 Å². The molecule has 1 aliphatic carbocycles. The first-order chi connectivity index (χ1) is 14.8. The van der Waals surface area contributed by atoms with E-state index >= 15 is 0 Å². The second kappa shape index (κ2) is 9.61. The number of sulfone groups is 1. The highest BCUT2D eigenvalue weighted by Gasteiger charge is 2.37. The van der Waals surface area contributed by atoms with Crippen molar-refractivity contribution in [2.24, 2.45) is 0 Å². The van der Waals surface area contributed by atoms with Crippen molar-refractivity contribution in [2.75, 3.05) is 25.2 Å². The SMILES string of the molecule is Cc1cnc(C2CCC(N3CC(CS(C)(=O)=O)OCC3Cc3ccc(Cl)cc3)CC2)o1. The molecule has 0 bridgehead atoms. The Labute approximate surface area is 189 Å². The molecule has 2 aromatic rings. The fraction of sp³-hybridized carbons (Fsp3) is 0.609. The summed E-state index contributed by atoms with van der Waals surface area (Å²) in [6, 6.07) is 8.59. The first-order valence-electron chi connectivity index (χ1n) is 11.0. The Hall–Kier alpha value is -1.41. The molecule has 2 unspecified atom stereocenters. The van der Waals surface area contributed by atoms with Crippen molar-refractivity contribution in [3.05, 3.63) is 52.7 Å². The molecule has 31 heavy (non-hydrogen) atoms. The van der Waals surface area contributed by atoms with Crippen LogP contribution in [0.25, 0.3) is 0 Å². The first-order valence-corrected chi connectivity index (χ1v) is 13.4. The third kappa shape index (κ3) is 6.09. The van der Waals surface area contributed by atoms with Crippen molar-refractivity contribution in [2.45, 2.75) is 63.1 Å². The molecule has 0 amide bonds. The molecule has 0 spiro atoms. The molecule has 1 saturated carbocycles. The van der Waals surface area contributed by atoms with E-state index in [0.29, 0.717) is 25.1 Å². The number of benzene rings is 1. The van der Waals surface area contributed by atoms with Crippen molar-refractivity contribution in [1.29, 1.82) is 0 Å². The number of hydrogen-bond acceptors (Lipinski definition) is 6. The summed E-state index contributed by atoms with van der Waals surface area (Å²) in [5.41, 5.74) is 1.22. The second-order valence-electron chi connectivity index (χ2n) is 9.04. The molecule has 6 nitrogen and oxygen atoms in total. The molecule has 1 saturated heterocycles. The summed E-state index contributed by atoms with van der Waals surface area (Å²) in [6.07, 6.45) is 7.83. The summed E-state index contributed by atoms with van der Waals surface area (Å²) < 4.78 is 35.5. The molecule has 2 heterocycles. The molecule has 0 N–H and O–H groups in total. The monoisotopic (exact) mass is 466 g/mol. The van der Waals surface area contributed by atoms with Crippen LogP contribution in [0, 0.1) is 6.92 Å². The zero-order valence-corrected chi connectivity index (χ0v) is 19.7. The average molecular weight is 467 g/mol. The predicted octanol–water partition coefficient (Wildman–Crippen LogP) is 4.02. The van der Waals surface area contributed by atoms with Gasteiger partial charge in [0.25, 0.3) is 0 Å². The Morgan fingerprint density at radius 2 is 1.87 bits per heavy atom. The molecule has 1 aliphatic heterocycles. The number of halogens is 1. The van der Waals surface area contributed by atoms with Gasteiger partial charge in [0.15, 0.2) is 5.89 Å². The summed E-state index contributed by atoms with van der Waals surface area (Å²) in [5, 5.41) is 0.730. The Morgan fingerprint density at radius 3 is 2.48 bits per heavy atom. The highest BCUT2D eigenvalue weighted by Crippen LogP contribution is 2.36. The van der Waals surface area contributed by atoms with Gasteiger partial charge in [-0.1, -0.05) is 23.7 Å². The topological polar surface area (TPSA) is 72.6 Å². The number of morpholine rings is 1. The predicted molar refractivity (Wildman–Crippen MR) is 121 cm³/mol. The van der Waals surface area contributed by atoms with Gasteiger partial charge in [-0.15, -0.1) is 0 Å². The molecule has 4 rings (SSSR count). The lowest BCUT2D eigenvalue weighted by Gasteiger charge is -2.46. The van der Waals surface area contributed by atoms with Crippen molar-refractivity contribution in [1.82, 2.24) is 9.88 Å². The number of rotatable bonds is 6. The lowest BCUT2D eigenvalue weighted by Crippen LogP contribution is -2.56. The third-order valence-corrected chi connectivity index (χ3v) is 7.66. The molecule has 2 aliphatic rings. The van der Waals surface area contributed by atoms with Gasteiger partial charge in [0, 0.05) is 35.8 Å². The van der Waals surface area contributed by atoms with Crippen molar-refractivity contribution >= 4 is 21.4 Å². The lowest BCUT2D eigenvalue weighted by atomic mass is 9.84. The van der Waals surface area contributed by atoms with Crippen LogP contribution >= 0.6 is 11.6 Å². The number of aromatic nitrogens is 1. The minimum absolute atomic E-state index is 0.0715. The number of oxazole rings is 1. The van der Waals surface area contributed by atoms with E-state index in [-0.39, 0.29) is 17.9 Å². The summed E-state index contributed by atoms with van der Waals surface area (Å²) in [7, 11) is -3.09. The number of aryl methyl sites for hydroxylation is 1. The number of ether oxygens (including phenoxy) is 1. The van der Waals surface area contributed by atoms with E-state index in [1.54, 1.807) is 6.20 Å². The Bertz CT molecular complexity index is 968. The molecule has 170 valence electrons. The van der Waals surface area contributed by atoms with Gasteiger partial charge in [-0.25, -0.2) is 13.4 Å². The van der Waals surface area contributed by atoms with Crippen molar-refractivity contribution in [3.63, 3.8) is 0 Å². The van der Waals surface area contributed by atoms with Crippen molar-refractivity contribution in [3.8, 4) is 0 Å². The van der Waals surface area contributed by atoms with Gasteiger partial charge in [-0.05, 0) is 56.7 Å². The first kappa shape index (κ1) is 22.8. The normalized spacial score (nSPS) is 28.0. The molecular formula is C23H31ClN2O4S. The molecule has 1 aromatic carbocycles. The Balaban J connectivity index is 1.45. The van der Waals surface area contributed by atoms with Crippen LogP contribution in [0.3, 0.4) is 0 Å². The number of nitrogens with zero attached hydrogens (tertiary/aromatic N) is 2. The fourth-order valence-electron chi connectivity index (χ4n) is 4.95. The van der Waals surface area contributed by atoms with E-state index in [1.807, 2.05) is 19.1 Å². The van der Waals surface area contributed by atoms with Crippen LogP contribution in [0.4, 0.5) is 0 Å². The highest BCUT2D eigenvalue weighted by molar-refractivity contribution is 7.90. The smallest absolute Gasteiger partial charge is 0.197 e. The zero-order chi connectivity index (χ0) is 22.0. The highest BCUT2D eigenvalue weighted by atomic mass is 35.5. The van der Waals surface area contributed by atoms with Crippen LogP contribution in [0.1, 0.15) is 48.8 Å². The van der Waals surface area contributed by atoms with E-state index in [0.717, 1.165) is 48.8 Å². The minimum atomic E-state index is -3.09. The summed E-state index contributed by atoms with van der Waals surface area (Å²) in [5.74, 6) is 2.15. The Morgan fingerprint density at radius 1 is 1.16 bits per heavy atom. The van der Waals surface area contributed by atoms with Crippen LogP contribution in [-0.2, 0) is 21.0 Å². The molecular weight excluding hydrogens is 436 g/mol. The quantitative estimate of drug-likeness (QED) is 0.640. The molecule has 2 atom stereocenters. The van der Waals surface area contributed by atoms with Gasteiger partial charge >= 0.3 is 0 Å². The number of hydrogen-bond donors (Lipinski definition) is 0. The van der Waals surface area contributed by atoms with E-state index in [1.165, 1.54) is 11.8 Å². The fourth-order valence-corrected chi connectivity index (χ4v) is 5.95. The van der Waals surface area contributed by atoms with Gasteiger partial charge in [0.05, 0.1) is 24.7 Å². The van der Waals surface area contributed by atoms with Crippen LogP contribution in [0.2, 0.25) is 5.02 Å². The maximum Gasteiger partial charge on any atom is 0.197 e. The largest absolute Gasteiger partial charge is 0.446 e. The molecule has 8 heteroatoms. The molecule has 2 fully saturated rings. The third-order valence-electron chi connectivity index (χ3n) is 6.44. The van der Waals surface area contributed by atoms with Crippen LogP contribution in [0.15, 0.2) is 34.9 Å². The van der Waals surface area contributed by atoms with Crippen LogP contribution in [0.5, 0.6) is 0 Å². The van der Waals surface area contributed by atoms with E-state index in [2.05, 4.69) is 22.0 Å². The zero-order valence-electron chi connectivity index (χ0n) is 18.2. The second-order valence-corrected chi connectivity index (χ2v) is 11.7. The van der Waals surface area contributed by atoms with Gasteiger partial charge in [-0.2, -0.15) is 0 Å². The lowest BCUT2D eigenvalue weighted by molar-refractivity contribution is -0.0758. The standard InChI is InChI=1S/C23H31ClN2O4S/c1-16-12-25-23(30-16)18-5-9-20(10-6-18)26-13-22(15-31(2,27)28)29-14-21(26)11-17-3-7-19(24)8-4-17/h3-4,7-8,12,18,20-22H,5-6,9-11,13-15H2,1-2H3. The van der Waals surface area contributed by atoms with E-state index in [4.69, 9.17) is 20.8 Å². The van der Waals surface area contributed by atoms with Gasteiger partial charge in [0.1, 0.15) is 15.6 Å². The van der Waals surface area contributed by atoms with Crippen LogP contribution < -0.4 is 0 Å². The molecule has 0 radical (unpaired) electrons. The molecule has 1 aromatic heterocycles. The van der Waals surface area contributed by atoms with E-state index < -0.39 is 9.84 Å². The van der Waals surface area contributed by atoms with E-state index in [9.17, 15) is 8.42 Å². The maximum atomic E-state index is 11.9. The summed E-state index contributed by atoms with van der Waals surface area (Å²) in [6.45, 7) is 3.12. The Kier molecular flexibility index (Phi) is 7.06. The van der Waals surface area contributed by atoms with Crippen molar-refractivity contribution < 1.29 is 17.6 Å². The van der Waals surface area contributed by atoms with Crippen LogP contribution in [-0.4, -0.2) is 61.6 Å². The van der Waals surface area contributed by atoms with Gasteiger partial charge < -0.3 is 9.15 Å². The maximum absolute atomic E-state index is 11.9. The van der Waals surface area contributed by atoms with Gasteiger partial charge in [-0.3, -0.25) is 4.90 Å².